The van der Waals surface area contributed by atoms with E-state index in [0.717, 1.165) is 6.42 Å². The van der Waals surface area contributed by atoms with Crippen LogP contribution < -0.4 is 5.90 Å². The van der Waals surface area contributed by atoms with Crippen LogP contribution in [-0.4, -0.2) is 14.2 Å². The van der Waals surface area contributed by atoms with Crippen molar-refractivity contribution in [3.63, 3.8) is 0 Å². The van der Waals surface area contributed by atoms with Gasteiger partial charge in [0.2, 0.25) is 0 Å². The molecule has 0 spiro atoms. The third-order valence-electron chi connectivity index (χ3n) is 1.32. The molecule has 2 N–H and O–H groups in total. The largest absolute Gasteiger partial charge is 0.283 e. The van der Waals surface area contributed by atoms with Crippen molar-refractivity contribution in [2.45, 2.75) is 26.7 Å². The van der Waals surface area contributed by atoms with Crippen molar-refractivity contribution in [2.24, 2.45) is 11.8 Å². The van der Waals surface area contributed by atoms with Gasteiger partial charge in [-0.25, -0.2) is 0 Å². The molecular weight excluding hydrogens is 166 g/mol. The zero-order valence-corrected chi connectivity index (χ0v) is 7.73. The van der Waals surface area contributed by atoms with Crippen molar-refractivity contribution in [3.8, 4) is 0 Å². The van der Waals surface area contributed by atoms with E-state index in [1.165, 1.54) is 0 Å². The zero-order valence-electron chi connectivity index (χ0n) is 6.91. The average Bonchev–Trinajstić information content (AvgIpc) is 1.87. The van der Waals surface area contributed by atoms with Crippen LogP contribution in [0, 0.1) is 5.92 Å². The van der Waals surface area contributed by atoms with Gasteiger partial charge in [-0.3, -0.25) is 0 Å². The van der Waals surface area contributed by atoms with Gasteiger partial charge in [0.05, 0.1) is 5.75 Å². The summed E-state index contributed by atoms with van der Waals surface area (Å²) in [5.41, 5.74) is 0. The van der Waals surface area contributed by atoms with Gasteiger partial charge in [-0.15, -0.1) is 0 Å². The molecule has 0 radical (unpaired) electrons. The second kappa shape index (κ2) is 4.69. The molecule has 0 aromatic heterocycles. The Morgan fingerprint density at radius 3 is 2.36 bits per heavy atom. The summed E-state index contributed by atoms with van der Waals surface area (Å²) < 4.78 is 25.1. The fourth-order valence-electron chi connectivity index (χ4n) is 0.716. The molecule has 68 valence electrons. The lowest BCUT2D eigenvalue weighted by Gasteiger charge is -2.02. The molecule has 4 nitrogen and oxygen atoms in total. The van der Waals surface area contributed by atoms with Crippen molar-refractivity contribution < 1.29 is 12.7 Å². The smallest absolute Gasteiger partial charge is 0.198 e. The molecule has 0 aromatic rings. The fraction of sp³-hybridized carbons (Fsp3) is 1.00. The lowest BCUT2D eigenvalue weighted by Crippen LogP contribution is -2.15. The molecule has 0 saturated carbocycles. The Morgan fingerprint density at radius 1 is 1.45 bits per heavy atom. The summed E-state index contributed by atoms with van der Waals surface area (Å²) in [7, 11) is -3.44. The lowest BCUT2D eigenvalue weighted by molar-refractivity contribution is 0.331. The maximum absolute atomic E-state index is 10.6. The second-order valence-electron chi connectivity index (χ2n) is 2.89. The summed E-state index contributed by atoms with van der Waals surface area (Å²) in [4.78, 5) is 0. The van der Waals surface area contributed by atoms with E-state index < -0.39 is 10.1 Å². The van der Waals surface area contributed by atoms with Gasteiger partial charge in [-0.05, 0) is 18.8 Å². The quantitative estimate of drug-likeness (QED) is 0.632. The minimum Gasteiger partial charge on any atom is -0.198 e. The predicted octanol–water partition coefficient (Wildman–Crippen LogP) is 0.643. The van der Waals surface area contributed by atoms with E-state index in [-0.39, 0.29) is 5.75 Å². The van der Waals surface area contributed by atoms with Crippen LogP contribution in [-0.2, 0) is 14.4 Å². The van der Waals surface area contributed by atoms with E-state index in [1.54, 1.807) is 0 Å². The van der Waals surface area contributed by atoms with Crippen molar-refractivity contribution in [2.75, 3.05) is 5.75 Å². The Balaban J connectivity index is 3.55. The summed E-state index contributed by atoms with van der Waals surface area (Å²) in [5, 5.41) is 0. The monoisotopic (exact) mass is 181 g/mol. The highest BCUT2D eigenvalue weighted by molar-refractivity contribution is 7.86. The SMILES string of the molecule is CC(C)CCCS(=O)(=O)ON. The van der Waals surface area contributed by atoms with Gasteiger partial charge in [-0.1, -0.05) is 13.8 Å². The first-order valence-electron chi connectivity index (χ1n) is 3.59. The van der Waals surface area contributed by atoms with Crippen LogP contribution in [0.2, 0.25) is 0 Å². The van der Waals surface area contributed by atoms with Gasteiger partial charge in [0.25, 0.3) is 10.1 Å². The van der Waals surface area contributed by atoms with Crippen molar-refractivity contribution in [1.82, 2.24) is 0 Å². The van der Waals surface area contributed by atoms with Gasteiger partial charge in [0.1, 0.15) is 0 Å². The minimum atomic E-state index is -3.44. The van der Waals surface area contributed by atoms with E-state index in [2.05, 4.69) is 10.2 Å². The molecule has 0 rings (SSSR count). The first-order valence-corrected chi connectivity index (χ1v) is 5.16. The Morgan fingerprint density at radius 2 is 2.00 bits per heavy atom. The van der Waals surface area contributed by atoms with Crippen molar-refractivity contribution >= 4 is 10.1 Å². The summed E-state index contributed by atoms with van der Waals surface area (Å²) in [6, 6.07) is 0. The standard InChI is InChI=1S/C6H15NO3S/c1-6(2)4-3-5-11(8,9)10-7/h6H,3-5,7H2,1-2H3. The molecule has 11 heavy (non-hydrogen) atoms. The molecule has 0 unspecified atom stereocenters. The summed E-state index contributed by atoms with van der Waals surface area (Å²) >= 11 is 0. The minimum absolute atomic E-state index is 0.0156. The van der Waals surface area contributed by atoms with E-state index in [1.807, 2.05) is 13.8 Å². The number of hydrogen-bond donors (Lipinski definition) is 1. The second-order valence-corrected chi connectivity index (χ2v) is 4.61. The average molecular weight is 181 g/mol. The molecule has 0 amide bonds. The van der Waals surface area contributed by atoms with Crippen LogP contribution in [0.25, 0.3) is 0 Å². The molecular formula is C6H15NO3S. The normalized spacial score (nSPS) is 12.4. The highest BCUT2D eigenvalue weighted by Crippen LogP contribution is 2.05. The number of hydrogen-bond acceptors (Lipinski definition) is 4. The molecule has 0 atom stereocenters. The maximum atomic E-state index is 10.6. The lowest BCUT2D eigenvalue weighted by atomic mass is 10.1. The van der Waals surface area contributed by atoms with Crippen LogP contribution in [0.1, 0.15) is 26.7 Å². The Bertz CT molecular complexity index is 186. The molecule has 0 aliphatic carbocycles. The van der Waals surface area contributed by atoms with Crippen LogP contribution >= 0.6 is 0 Å². The Kier molecular flexibility index (Phi) is 4.63. The number of rotatable bonds is 5. The molecule has 0 heterocycles. The third-order valence-corrected chi connectivity index (χ3v) is 2.40. The predicted molar refractivity (Wildman–Crippen MR) is 43.1 cm³/mol. The molecule has 0 aliphatic rings. The van der Waals surface area contributed by atoms with Gasteiger partial charge in [0.15, 0.2) is 0 Å². The molecule has 0 aromatic carbocycles. The van der Waals surface area contributed by atoms with Gasteiger partial charge in [0, 0.05) is 0 Å². The van der Waals surface area contributed by atoms with Crippen molar-refractivity contribution in [1.29, 1.82) is 0 Å². The fourth-order valence-corrected chi connectivity index (χ4v) is 1.33. The molecule has 0 bridgehead atoms. The van der Waals surface area contributed by atoms with Crippen LogP contribution in [0.15, 0.2) is 0 Å². The van der Waals surface area contributed by atoms with E-state index >= 15 is 0 Å². The molecule has 0 saturated heterocycles. The van der Waals surface area contributed by atoms with Crippen LogP contribution in [0.3, 0.4) is 0 Å². The maximum Gasteiger partial charge on any atom is 0.283 e. The van der Waals surface area contributed by atoms with Crippen LogP contribution in [0.5, 0.6) is 0 Å². The molecule has 0 fully saturated rings. The number of nitrogens with two attached hydrogens (primary N) is 1. The molecule has 5 heteroatoms. The summed E-state index contributed by atoms with van der Waals surface area (Å²) in [6.07, 6.45) is 1.49. The summed E-state index contributed by atoms with van der Waals surface area (Å²) in [6.45, 7) is 4.08. The van der Waals surface area contributed by atoms with E-state index in [0.29, 0.717) is 12.3 Å². The van der Waals surface area contributed by atoms with Gasteiger partial charge >= 0.3 is 0 Å². The van der Waals surface area contributed by atoms with E-state index in [4.69, 9.17) is 0 Å². The highest BCUT2D eigenvalue weighted by atomic mass is 32.2. The third kappa shape index (κ3) is 6.28. The topological polar surface area (TPSA) is 69.4 Å². The Labute approximate surface area is 67.8 Å². The van der Waals surface area contributed by atoms with Crippen molar-refractivity contribution in [3.05, 3.63) is 0 Å². The zero-order chi connectivity index (χ0) is 8.91. The summed E-state index contributed by atoms with van der Waals surface area (Å²) in [5.74, 6) is 5.07. The highest BCUT2D eigenvalue weighted by Gasteiger charge is 2.08. The van der Waals surface area contributed by atoms with Gasteiger partial charge < -0.3 is 0 Å². The Hall–Kier alpha value is -0.130. The first-order chi connectivity index (χ1) is 4.98. The molecule has 0 aliphatic heterocycles. The van der Waals surface area contributed by atoms with Crippen LogP contribution in [0.4, 0.5) is 0 Å². The van der Waals surface area contributed by atoms with Gasteiger partial charge in [-0.2, -0.15) is 18.6 Å². The van der Waals surface area contributed by atoms with E-state index in [9.17, 15) is 8.42 Å². The first kappa shape index (κ1) is 10.9.